The van der Waals surface area contributed by atoms with Crippen molar-refractivity contribution in [3.8, 4) is 6.07 Å². The zero-order valence-electron chi connectivity index (χ0n) is 20.2. The molecule has 0 bridgehead atoms. The third-order valence-corrected chi connectivity index (χ3v) is 8.32. The van der Waals surface area contributed by atoms with Gasteiger partial charge in [0.05, 0.1) is 23.2 Å². The van der Waals surface area contributed by atoms with E-state index >= 15 is 0 Å². The molecule has 12 heteroatoms. The second-order valence-electron chi connectivity index (χ2n) is 10.0. The fraction of sp³-hybridized carbons (Fsp3) is 0.560. The summed E-state index contributed by atoms with van der Waals surface area (Å²) in [5.74, 6) is 0.204. The highest BCUT2D eigenvalue weighted by Gasteiger charge is 2.43. The lowest BCUT2D eigenvalue weighted by molar-refractivity contribution is -0.114. The van der Waals surface area contributed by atoms with Crippen LogP contribution in [-0.4, -0.2) is 39.6 Å². The van der Waals surface area contributed by atoms with Crippen molar-refractivity contribution in [1.82, 2.24) is 10.6 Å². The smallest absolute Gasteiger partial charge is 0.386 e. The molecule has 0 aromatic heterocycles. The number of aliphatic imine (C=N–C) groups is 1. The van der Waals surface area contributed by atoms with Crippen LogP contribution in [0.5, 0.6) is 0 Å². The minimum atomic E-state index is -4.87. The van der Waals surface area contributed by atoms with E-state index in [9.17, 15) is 27.4 Å². The van der Waals surface area contributed by atoms with E-state index in [0.717, 1.165) is 36.8 Å². The molecule has 3 fully saturated rings. The first-order chi connectivity index (χ1) is 17.6. The quantitative estimate of drug-likeness (QED) is 0.205. The predicted octanol–water partition coefficient (Wildman–Crippen LogP) is 3.10. The third-order valence-electron chi connectivity index (χ3n) is 7.20. The van der Waals surface area contributed by atoms with E-state index < -0.39 is 27.1 Å². The van der Waals surface area contributed by atoms with Crippen LogP contribution < -0.4 is 22.1 Å². The lowest BCUT2D eigenvalue weighted by Crippen LogP contribution is -2.48. The lowest BCUT2D eigenvalue weighted by Gasteiger charge is -2.35. The summed E-state index contributed by atoms with van der Waals surface area (Å²) in [5, 5.41) is 16.7. The second-order valence-corrected chi connectivity index (χ2v) is 11.5. The minimum Gasteiger partial charge on any atom is -0.386 e. The molecule has 3 saturated carbocycles. The monoisotopic (exact) mass is 536 g/mol. The van der Waals surface area contributed by atoms with E-state index in [4.69, 9.17) is 11.5 Å². The molecule has 4 atom stereocenters. The highest BCUT2D eigenvalue weighted by atomic mass is 32.2. The average Bonchev–Trinajstić information content (AvgIpc) is 3.76. The van der Waals surface area contributed by atoms with Crippen LogP contribution in [0.4, 0.5) is 18.9 Å². The van der Waals surface area contributed by atoms with E-state index in [1.807, 2.05) is 0 Å². The number of carbonyl (C=O) groups is 1. The molecule has 0 saturated heterocycles. The van der Waals surface area contributed by atoms with E-state index in [0.29, 0.717) is 12.5 Å². The van der Waals surface area contributed by atoms with Crippen LogP contribution in [0.25, 0.3) is 0 Å². The van der Waals surface area contributed by atoms with Crippen LogP contribution in [0.2, 0.25) is 0 Å². The summed E-state index contributed by atoms with van der Waals surface area (Å²) in [4.78, 5) is 15.7. The number of halogens is 3. The zero-order chi connectivity index (χ0) is 26.7. The van der Waals surface area contributed by atoms with Crippen LogP contribution in [0.3, 0.4) is 0 Å². The van der Waals surface area contributed by atoms with E-state index in [1.54, 1.807) is 0 Å². The van der Waals surface area contributed by atoms with Crippen molar-refractivity contribution in [1.29, 1.82) is 5.26 Å². The molecular formula is C25H31F3N6O2S. The molecule has 8 nitrogen and oxygen atoms in total. The minimum absolute atomic E-state index is 0.109. The number of hydrogen-bond donors (Lipinski definition) is 4. The number of carbonyl (C=O) groups excluding carboxylic acids is 1. The van der Waals surface area contributed by atoms with Crippen molar-refractivity contribution in [3.63, 3.8) is 0 Å². The third kappa shape index (κ3) is 7.11. The van der Waals surface area contributed by atoms with Gasteiger partial charge in [-0.25, -0.2) is 9.20 Å². The first kappa shape index (κ1) is 27.1. The van der Waals surface area contributed by atoms with Gasteiger partial charge in [-0.3, -0.25) is 4.79 Å². The number of amides is 1. The molecule has 200 valence electrons. The summed E-state index contributed by atoms with van der Waals surface area (Å²) in [6.45, 7) is 0. The molecule has 37 heavy (non-hydrogen) atoms. The number of primary amides is 1. The van der Waals surface area contributed by atoms with Crippen LogP contribution in [0.1, 0.15) is 44.9 Å². The Morgan fingerprint density at radius 3 is 2.24 bits per heavy atom. The van der Waals surface area contributed by atoms with Crippen LogP contribution in [-0.2, 0) is 15.6 Å². The van der Waals surface area contributed by atoms with Crippen molar-refractivity contribution in [2.24, 2.45) is 34.2 Å². The molecule has 3 aliphatic carbocycles. The lowest BCUT2D eigenvalue weighted by atomic mass is 9.81. The maximum absolute atomic E-state index is 12.6. The van der Waals surface area contributed by atoms with Gasteiger partial charge in [0.25, 0.3) is 5.91 Å². The fourth-order valence-corrected chi connectivity index (χ4v) is 5.59. The molecule has 0 radical (unpaired) electrons. The number of nitrogens with zero attached hydrogens (tertiary/aromatic N) is 2. The Labute approximate surface area is 216 Å². The number of nitrogens with one attached hydrogen (secondary N) is 2. The highest BCUT2D eigenvalue weighted by Crippen LogP contribution is 2.45. The molecule has 6 N–H and O–H groups in total. The van der Waals surface area contributed by atoms with Gasteiger partial charge in [-0.2, -0.15) is 18.4 Å². The van der Waals surface area contributed by atoms with Gasteiger partial charge in [0.1, 0.15) is 5.84 Å². The van der Waals surface area contributed by atoms with Crippen LogP contribution in [0, 0.1) is 29.1 Å². The number of nitriles is 1. The van der Waals surface area contributed by atoms with Gasteiger partial charge in [0.2, 0.25) is 0 Å². The molecule has 1 amide bonds. The highest BCUT2D eigenvalue weighted by molar-refractivity contribution is 7.86. The van der Waals surface area contributed by atoms with Crippen molar-refractivity contribution >= 4 is 28.2 Å². The Hall–Kier alpha value is -2.91. The summed E-state index contributed by atoms with van der Waals surface area (Å²) in [7, 11) is -3.16. The van der Waals surface area contributed by atoms with Crippen molar-refractivity contribution in [2.75, 3.05) is 0 Å². The molecule has 1 aromatic carbocycles. The maximum Gasteiger partial charge on any atom is 0.475 e. The number of rotatable bonds is 10. The second kappa shape index (κ2) is 11.2. The number of benzene rings is 1. The summed E-state index contributed by atoms with van der Waals surface area (Å²) in [6.07, 6.45) is 8.84. The summed E-state index contributed by atoms with van der Waals surface area (Å²) < 4.78 is 49.4. The van der Waals surface area contributed by atoms with Gasteiger partial charge in [0.15, 0.2) is 10.8 Å². The van der Waals surface area contributed by atoms with Crippen LogP contribution in [0.15, 0.2) is 45.9 Å². The average molecular weight is 537 g/mol. The number of alkyl halides is 3. The molecular weight excluding hydrogens is 505 g/mol. The standard InChI is InChI=1S/C25H31F3N6O2S/c26-25(27,28)37(36)19-8-5-17(6-9-19)34-23(30)20(24(31)35)13-32-21-10-7-18(11-16(21)12-29)33-22(14-1-2-14)15-3-4-15/h5-6,8-9,13-16,18,21-22,32-33H,1-4,7,10-11H2,(H2,30,34)(H2,31,35)/b20-13+/t16?,18-,21+,37?/m1/s1. The predicted molar refractivity (Wildman–Crippen MR) is 134 cm³/mol. The summed E-state index contributed by atoms with van der Waals surface area (Å²) in [6, 6.07) is 7.53. The fourth-order valence-electron chi connectivity index (χ4n) is 4.94. The molecule has 4 rings (SSSR count). The van der Waals surface area contributed by atoms with Gasteiger partial charge in [-0.05, 0) is 81.0 Å². The number of amidine groups is 1. The van der Waals surface area contributed by atoms with E-state index in [1.165, 1.54) is 44.0 Å². The zero-order valence-corrected chi connectivity index (χ0v) is 21.0. The van der Waals surface area contributed by atoms with Gasteiger partial charge in [-0.1, -0.05) is 0 Å². The van der Waals surface area contributed by atoms with Gasteiger partial charge in [-0.15, -0.1) is 0 Å². The van der Waals surface area contributed by atoms with Crippen molar-refractivity contribution in [3.05, 3.63) is 36.0 Å². The van der Waals surface area contributed by atoms with Gasteiger partial charge in [0, 0.05) is 29.2 Å². The van der Waals surface area contributed by atoms with Crippen LogP contribution >= 0.6 is 0 Å². The molecule has 1 aromatic rings. The number of hydrogen-bond acceptors (Lipinski definition) is 6. The summed E-state index contributed by atoms with van der Waals surface area (Å²) in [5.41, 5.74) is 6.64. The summed E-state index contributed by atoms with van der Waals surface area (Å²) >= 11 is 0. The van der Waals surface area contributed by atoms with E-state index in [2.05, 4.69) is 21.7 Å². The molecule has 3 aliphatic rings. The first-order valence-electron chi connectivity index (χ1n) is 12.4. The van der Waals surface area contributed by atoms with Gasteiger partial charge < -0.3 is 22.1 Å². The van der Waals surface area contributed by atoms with Crippen molar-refractivity contribution in [2.45, 2.75) is 73.5 Å². The normalized spacial score (nSPS) is 26.0. The molecule has 0 aliphatic heterocycles. The largest absolute Gasteiger partial charge is 0.475 e. The Bertz CT molecular complexity index is 1110. The maximum atomic E-state index is 12.6. The SMILES string of the molecule is N#CC1C[C@H](NC(C2CC2)C2CC2)CC[C@@H]1N/C=C(/C(N)=O)C(N)=Nc1ccc(S(=O)C(F)(F)F)cc1. The van der Waals surface area contributed by atoms with Crippen molar-refractivity contribution < 1.29 is 22.2 Å². The molecule has 0 heterocycles. The molecule has 0 spiro atoms. The first-order valence-corrected chi connectivity index (χ1v) is 13.6. The Balaban J connectivity index is 1.39. The van der Waals surface area contributed by atoms with Gasteiger partial charge >= 0.3 is 5.51 Å². The Morgan fingerprint density at radius 1 is 1.11 bits per heavy atom. The van der Waals surface area contributed by atoms with E-state index in [-0.39, 0.29) is 35.1 Å². The molecule has 2 unspecified atom stereocenters. The number of nitrogens with two attached hydrogens (primary N) is 2. The Kier molecular flexibility index (Phi) is 8.23. The Morgan fingerprint density at radius 2 is 1.73 bits per heavy atom. The topological polar surface area (TPSA) is 146 Å².